The van der Waals surface area contributed by atoms with Gasteiger partial charge in [0.25, 0.3) is 0 Å². The lowest BCUT2D eigenvalue weighted by Gasteiger charge is -2.63. The first kappa shape index (κ1) is 15.7. The van der Waals surface area contributed by atoms with Crippen molar-refractivity contribution in [3.05, 3.63) is 12.2 Å². The summed E-state index contributed by atoms with van der Waals surface area (Å²) in [6.07, 6.45) is 11.3. The van der Waals surface area contributed by atoms with Gasteiger partial charge in [0.2, 0.25) is 0 Å². The summed E-state index contributed by atoms with van der Waals surface area (Å²) in [7, 11) is 1.57. The van der Waals surface area contributed by atoms with Gasteiger partial charge in [-0.15, -0.1) is 0 Å². The van der Waals surface area contributed by atoms with Crippen LogP contribution in [-0.4, -0.2) is 13.1 Å². The number of hydrogen-bond donors (Lipinski definition) is 0. The summed E-state index contributed by atoms with van der Waals surface area (Å²) in [5, 5.41) is 0. The molecule has 128 valence electrons. The first-order valence-electron chi connectivity index (χ1n) is 9.62. The van der Waals surface area contributed by atoms with Crippen LogP contribution in [0.5, 0.6) is 0 Å². The van der Waals surface area contributed by atoms with E-state index in [0.717, 1.165) is 18.3 Å². The van der Waals surface area contributed by atoms with Crippen molar-refractivity contribution in [1.82, 2.24) is 0 Å². The Morgan fingerprint density at radius 3 is 2.65 bits per heavy atom. The molecule has 0 N–H and O–H groups in total. The van der Waals surface area contributed by atoms with Gasteiger partial charge in [0.05, 0.1) is 12.5 Å². The van der Waals surface area contributed by atoms with Crippen LogP contribution in [-0.2, 0) is 9.53 Å². The Balaban J connectivity index is 1.73. The molecule has 0 radical (unpaired) electrons. The average molecular weight is 316 g/mol. The summed E-state index contributed by atoms with van der Waals surface area (Å²) in [6.45, 7) is 9.12. The normalized spacial score (nSPS) is 51.8. The fourth-order valence-corrected chi connectivity index (χ4v) is 7.83. The number of carbonyl (C=O) groups is 1. The molecule has 4 rings (SSSR count). The number of rotatable bonds is 1. The molecule has 0 heterocycles. The smallest absolute Gasteiger partial charge is 0.311 e. The van der Waals surface area contributed by atoms with Crippen LogP contribution in [0.25, 0.3) is 0 Å². The summed E-state index contributed by atoms with van der Waals surface area (Å²) in [5.74, 6) is 2.11. The molecule has 2 nitrogen and oxygen atoms in total. The minimum absolute atomic E-state index is 0.0360. The molecular formula is C21H32O2. The van der Waals surface area contributed by atoms with Crippen molar-refractivity contribution in [1.29, 1.82) is 0 Å². The van der Waals surface area contributed by atoms with Gasteiger partial charge in [-0.3, -0.25) is 4.79 Å². The quantitative estimate of drug-likeness (QED) is 0.495. The van der Waals surface area contributed by atoms with Gasteiger partial charge in [0, 0.05) is 0 Å². The lowest BCUT2D eigenvalue weighted by Crippen LogP contribution is -2.58. The highest BCUT2D eigenvalue weighted by molar-refractivity contribution is 5.77. The zero-order valence-corrected chi connectivity index (χ0v) is 15.1. The third-order valence-electron chi connectivity index (χ3n) is 8.71. The van der Waals surface area contributed by atoms with E-state index in [1.54, 1.807) is 7.11 Å². The summed E-state index contributed by atoms with van der Waals surface area (Å²) >= 11 is 0. The van der Waals surface area contributed by atoms with E-state index in [-0.39, 0.29) is 11.4 Å². The fourth-order valence-electron chi connectivity index (χ4n) is 7.83. The highest BCUT2D eigenvalue weighted by Gasteiger charge is 2.65. The molecule has 0 saturated heterocycles. The van der Waals surface area contributed by atoms with E-state index >= 15 is 0 Å². The lowest BCUT2D eigenvalue weighted by molar-refractivity contribution is -0.183. The van der Waals surface area contributed by atoms with Gasteiger partial charge < -0.3 is 4.74 Å². The van der Waals surface area contributed by atoms with E-state index in [1.807, 2.05) is 0 Å². The van der Waals surface area contributed by atoms with Crippen molar-refractivity contribution >= 4 is 5.97 Å². The Bertz CT molecular complexity index is 552. The van der Waals surface area contributed by atoms with Crippen LogP contribution in [0.3, 0.4) is 0 Å². The van der Waals surface area contributed by atoms with Crippen LogP contribution < -0.4 is 0 Å². The first-order valence-corrected chi connectivity index (χ1v) is 9.62. The topological polar surface area (TPSA) is 26.3 Å². The number of fused-ring (bicyclic) bond motifs is 3. The monoisotopic (exact) mass is 316 g/mol. The molecule has 1 spiro atoms. The highest BCUT2D eigenvalue weighted by Crippen LogP contribution is 2.72. The van der Waals surface area contributed by atoms with Crippen LogP contribution in [0.4, 0.5) is 0 Å². The third-order valence-corrected chi connectivity index (χ3v) is 8.71. The molecule has 6 atom stereocenters. The number of ether oxygens (including phenoxy) is 1. The Kier molecular flexibility index (Phi) is 3.32. The minimum atomic E-state index is -0.268. The summed E-state index contributed by atoms with van der Waals surface area (Å²) < 4.78 is 5.25. The van der Waals surface area contributed by atoms with Gasteiger partial charge in [-0.1, -0.05) is 25.5 Å². The Hall–Kier alpha value is -0.790. The van der Waals surface area contributed by atoms with Crippen LogP contribution in [0.15, 0.2) is 12.2 Å². The third kappa shape index (κ3) is 1.90. The van der Waals surface area contributed by atoms with Crippen LogP contribution in [0.1, 0.15) is 71.6 Å². The lowest BCUT2D eigenvalue weighted by atomic mass is 9.41. The van der Waals surface area contributed by atoms with Gasteiger partial charge in [0.1, 0.15) is 0 Å². The van der Waals surface area contributed by atoms with Crippen molar-refractivity contribution in [2.24, 2.45) is 34.0 Å². The molecule has 0 amide bonds. The van der Waals surface area contributed by atoms with Gasteiger partial charge in [-0.2, -0.15) is 0 Å². The average Bonchev–Trinajstić information content (AvgIpc) is 2.75. The van der Waals surface area contributed by atoms with Gasteiger partial charge >= 0.3 is 5.97 Å². The van der Waals surface area contributed by atoms with Gasteiger partial charge in [0.15, 0.2) is 0 Å². The Labute approximate surface area is 141 Å². The summed E-state index contributed by atoms with van der Waals surface area (Å²) in [6, 6.07) is 0. The largest absolute Gasteiger partial charge is 0.469 e. The highest BCUT2D eigenvalue weighted by atomic mass is 16.5. The fraction of sp³-hybridized carbons (Fsp3) is 0.857. The predicted molar refractivity (Wildman–Crippen MR) is 91.8 cm³/mol. The van der Waals surface area contributed by atoms with E-state index in [0.29, 0.717) is 16.7 Å². The molecule has 0 aromatic rings. The van der Waals surface area contributed by atoms with Crippen LogP contribution in [0.2, 0.25) is 0 Å². The molecule has 0 aliphatic heterocycles. The molecule has 4 saturated carbocycles. The maximum Gasteiger partial charge on any atom is 0.311 e. The van der Waals surface area contributed by atoms with Gasteiger partial charge in [-0.05, 0) is 86.9 Å². The molecule has 0 aromatic carbocycles. The van der Waals surface area contributed by atoms with E-state index < -0.39 is 0 Å². The zero-order valence-electron chi connectivity index (χ0n) is 15.1. The first-order chi connectivity index (χ1) is 10.9. The number of allylic oxidation sites excluding steroid dienone is 1. The molecule has 4 aliphatic rings. The van der Waals surface area contributed by atoms with E-state index in [4.69, 9.17) is 4.74 Å². The second-order valence-corrected chi connectivity index (χ2v) is 9.59. The van der Waals surface area contributed by atoms with E-state index in [9.17, 15) is 4.79 Å². The maximum absolute atomic E-state index is 12.6. The molecule has 4 fully saturated rings. The van der Waals surface area contributed by atoms with Crippen molar-refractivity contribution in [2.75, 3.05) is 7.11 Å². The number of methoxy groups -OCH3 is 1. The second kappa shape index (κ2) is 4.86. The minimum Gasteiger partial charge on any atom is -0.469 e. The Morgan fingerprint density at radius 1 is 1.13 bits per heavy atom. The zero-order chi connectivity index (χ0) is 16.5. The van der Waals surface area contributed by atoms with Crippen molar-refractivity contribution in [3.8, 4) is 0 Å². The molecule has 23 heavy (non-hydrogen) atoms. The van der Waals surface area contributed by atoms with Crippen molar-refractivity contribution < 1.29 is 9.53 Å². The SMILES string of the molecule is C=C1C[C@@]23CC[C@H]4[C@@](C)(CCC[C@@]4(C)C(=O)OC)[C@@H]2CC[C@@H]1C3. The second-order valence-electron chi connectivity index (χ2n) is 9.59. The van der Waals surface area contributed by atoms with Gasteiger partial charge in [-0.25, -0.2) is 0 Å². The Morgan fingerprint density at radius 2 is 1.91 bits per heavy atom. The summed E-state index contributed by atoms with van der Waals surface area (Å²) in [5.41, 5.74) is 2.09. The molecule has 0 unspecified atom stereocenters. The summed E-state index contributed by atoms with van der Waals surface area (Å²) in [4.78, 5) is 12.6. The molecular weight excluding hydrogens is 284 g/mol. The standard InChI is InChI=1S/C21H32O2/c1-14-12-21-11-8-16-19(2,17(21)7-6-15(14)13-21)9-5-10-20(16,3)18(22)23-4/h15-17H,1,5-13H2,2-4H3/t15-,16+,17+,19-,20-,21-/m1/s1. The van der Waals surface area contributed by atoms with Crippen molar-refractivity contribution in [3.63, 3.8) is 0 Å². The number of carbonyl (C=O) groups excluding carboxylic acids is 1. The molecule has 4 aliphatic carbocycles. The van der Waals surface area contributed by atoms with Crippen LogP contribution >= 0.6 is 0 Å². The number of esters is 1. The molecule has 2 heteroatoms. The van der Waals surface area contributed by atoms with E-state index in [1.165, 1.54) is 56.9 Å². The van der Waals surface area contributed by atoms with Crippen LogP contribution in [0, 0.1) is 34.0 Å². The maximum atomic E-state index is 12.6. The number of hydrogen-bond acceptors (Lipinski definition) is 2. The predicted octanol–water partition coefficient (Wildman–Crippen LogP) is 5.13. The molecule has 0 aromatic heterocycles. The van der Waals surface area contributed by atoms with Crippen molar-refractivity contribution in [2.45, 2.75) is 71.6 Å². The molecule has 2 bridgehead atoms. The van der Waals surface area contributed by atoms with E-state index in [2.05, 4.69) is 20.4 Å².